The minimum absolute atomic E-state index is 0.0124. The number of hydrogen-bond donors (Lipinski definition) is 1. The maximum absolute atomic E-state index is 15.5. The van der Waals surface area contributed by atoms with Gasteiger partial charge in [0, 0.05) is 24.7 Å². The lowest BCUT2D eigenvalue weighted by Gasteiger charge is -2.15. The fourth-order valence-corrected chi connectivity index (χ4v) is 5.27. The zero-order valence-corrected chi connectivity index (χ0v) is 22.7. The standard InChI is InChI=1S/C33H30FN3O4/c1-21-5-2-6-22(15-21)20-41-32-9-3-8-28(36-32)24-11-10-23(27(34)16-24)18-31-35-29-13-12-25(33(38)39)17-30(29)37(31)19-26-7-4-14-40-26/h2-3,5-6,8-13,15-17,26H,4,7,14,18-20H2,1H3,(H,38,39). The molecule has 1 unspecified atom stereocenters. The number of hydrogen-bond acceptors (Lipinski definition) is 5. The Bertz CT molecular complexity index is 1730. The van der Waals surface area contributed by atoms with Crippen LogP contribution in [0.25, 0.3) is 22.3 Å². The highest BCUT2D eigenvalue weighted by atomic mass is 19.1. The van der Waals surface area contributed by atoms with Crippen molar-refractivity contribution in [2.75, 3.05) is 6.61 Å². The van der Waals surface area contributed by atoms with Gasteiger partial charge in [0.25, 0.3) is 0 Å². The average Bonchev–Trinajstić information content (AvgIpc) is 3.61. The molecule has 8 heteroatoms. The van der Waals surface area contributed by atoms with Gasteiger partial charge >= 0.3 is 5.97 Å². The molecule has 208 valence electrons. The Labute approximate surface area is 237 Å². The van der Waals surface area contributed by atoms with Crippen molar-refractivity contribution < 1.29 is 23.8 Å². The number of carboxylic acid groups (broad SMARTS) is 1. The van der Waals surface area contributed by atoms with Crippen molar-refractivity contribution in [1.82, 2.24) is 14.5 Å². The predicted molar refractivity (Wildman–Crippen MR) is 154 cm³/mol. The van der Waals surface area contributed by atoms with Gasteiger partial charge in [-0.3, -0.25) is 0 Å². The van der Waals surface area contributed by atoms with E-state index in [1.807, 2.05) is 47.9 Å². The fraction of sp³-hybridized carbons (Fsp3) is 0.242. The van der Waals surface area contributed by atoms with Crippen LogP contribution in [0, 0.1) is 12.7 Å². The Morgan fingerprint density at radius 2 is 1.95 bits per heavy atom. The molecule has 0 amide bonds. The number of aryl methyl sites for hydroxylation is 1. The molecule has 3 aromatic carbocycles. The second-order valence-electron chi connectivity index (χ2n) is 10.4. The number of fused-ring (bicyclic) bond motifs is 1. The smallest absolute Gasteiger partial charge is 0.335 e. The number of aromatic nitrogens is 3. The molecule has 1 aliphatic rings. The Balaban J connectivity index is 1.25. The van der Waals surface area contributed by atoms with Crippen molar-refractivity contribution in [2.24, 2.45) is 0 Å². The van der Waals surface area contributed by atoms with Gasteiger partial charge in [-0.25, -0.2) is 19.2 Å². The van der Waals surface area contributed by atoms with Crippen molar-refractivity contribution in [3.63, 3.8) is 0 Å². The third kappa shape index (κ3) is 5.98. The summed E-state index contributed by atoms with van der Waals surface area (Å²) in [5, 5.41) is 9.51. The molecule has 0 bridgehead atoms. The number of carboxylic acids is 1. The molecule has 5 aromatic rings. The first kappa shape index (κ1) is 26.7. The molecule has 1 N–H and O–H groups in total. The number of nitrogens with zero attached hydrogens (tertiary/aromatic N) is 3. The van der Waals surface area contributed by atoms with Crippen LogP contribution in [-0.2, 0) is 24.3 Å². The van der Waals surface area contributed by atoms with E-state index in [0.717, 1.165) is 24.0 Å². The lowest BCUT2D eigenvalue weighted by Crippen LogP contribution is -2.17. The molecule has 0 spiro atoms. The van der Waals surface area contributed by atoms with Gasteiger partial charge in [0.15, 0.2) is 0 Å². The molecule has 7 nitrogen and oxygen atoms in total. The molecular formula is C33H30FN3O4. The Kier molecular flexibility index (Phi) is 7.48. The third-order valence-electron chi connectivity index (χ3n) is 7.37. The van der Waals surface area contributed by atoms with Gasteiger partial charge in [-0.05, 0) is 61.2 Å². The molecular weight excluding hydrogens is 521 g/mol. The summed E-state index contributed by atoms with van der Waals surface area (Å²) in [5.41, 5.74) is 5.53. The lowest BCUT2D eigenvalue weighted by atomic mass is 10.1. The second-order valence-corrected chi connectivity index (χ2v) is 10.4. The number of aromatic carboxylic acids is 1. The fourth-order valence-electron chi connectivity index (χ4n) is 5.27. The Morgan fingerprint density at radius 3 is 2.73 bits per heavy atom. The normalized spacial score (nSPS) is 14.9. The van der Waals surface area contributed by atoms with E-state index in [1.54, 1.807) is 30.3 Å². The van der Waals surface area contributed by atoms with E-state index in [9.17, 15) is 9.90 Å². The highest BCUT2D eigenvalue weighted by Gasteiger charge is 2.21. The van der Waals surface area contributed by atoms with Gasteiger partial charge in [-0.2, -0.15) is 0 Å². The van der Waals surface area contributed by atoms with E-state index in [4.69, 9.17) is 14.5 Å². The van der Waals surface area contributed by atoms with Crippen LogP contribution in [0.1, 0.15) is 45.7 Å². The van der Waals surface area contributed by atoms with Crippen molar-refractivity contribution in [1.29, 1.82) is 0 Å². The van der Waals surface area contributed by atoms with Crippen LogP contribution in [0.2, 0.25) is 0 Å². The number of carbonyl (C=O) groups is 1. The summed E-state index contributed by atoms with van der Waals surface area (Å²) in [6.45, 7) is 3.67. The molecule has 1 atom stereocenters. The van der Waals surface area contributed by atoms with Crippen LogP contribution in [-0.4, -0.2) is 38.3 Å². The van der Waals surface area contributed by atoms with Crippen LogP contribution < -0.4 is 4.74 Å². The molecule has 1 fully saturated rings. The van der Waals surface area contributed by atoms with Crippen LogP contribution >= 0.6 is 0 Å². The molecule has 0 aliphatic carbocycles. The van der Waals surface area contributed by atoms with Gasteiger partial charge in [0.2, 0.25) is 5.88 Å². The largest absolute Gasteiger partial charge is 0.478 e. The first-order valence-electron chi connectivity index (χ1n) is 13.7. The summed E-state index contributed by atoms with van der Waals surface area (Å²) >= 11 is 0. The third-order valence-corrected chi connectivity index (χ3v) is 7.37. The van der Waals surface area contributed by atoms with E-state index in [0.29, 0.717) is 59.3 Å². The summed E-state index contributed by atoms with van der Waals surface area (Å²) in [7, 11) is 0. The summed E-state index contributed by atoms with van der Waals surface area (Å²) < 4.78 is 29.2. The van der Waals surface area contributed by atoms with Crippen LogP contribution in [0.3, 0.4) is 0 Å². The lowest BCUT2D eigenvalue weighted by molar-refractivity contribution is 0.0697. The molecule has 2 aromatic heterocycles. The van der Waals surface area contributed by atoms with Gasteiger partial charge in [-0.1, -0.05) is 48.0 Å². The predicted octanol–water partition coefficient (Wildman–Crippen LogP) is 6.59. The summed E-state index contributed by atoms with van der Waals surface area (Å²) in [6, 6.07) is 23.5. The minimum atomic E-state index is -1.00. The van der Waals surface area contributed by atoms with Crippen LogP contribution in [0.15, 0.2) is 78.9 Å². The number of halogens is 1. The van der Waals surface area contributed by atoms with Gasteiger partial charge in [0.05, 0.1) is 34.9 Å². The monoisotopic (exact) mass is 551 g/mol. The Morgan fingerprint density at radius 1 is 1.07 bits per heavy atom. The van der Waals surface area contributed by atoms with Crippen molar-refractivity contribution in [2.45, 2.75) is 45.4 Å². The SMILES string of the molecule is Cc1cccc(COc2cccc(-c3ccc(Cc4nc5ccc(C(=O)O)cc5n4CC4CCCO4)c(F)c3)n2)c1. The number of ether oxygens (including phenoxy) is 2. The maximum atomic E-state index is 15.5. The van der Waals surface area contributed by atoms with E-state index >= 15 is 4.39 Å². The summed E-state index contributed by atoms with van der Waals surface area (Å²) in [4.78, 5) is 21.0. The molecule has 1 aliphatic heterocycles. The van der Waals surface area contributed by atoms with E-state index in [2.05, 4.69) is 11.1 Å². The number of pyridine rings is 1. The van der Waals surface area contributed by atoms with Gasteiger partial charge in [-0.15, -0.1) is 0 Å². The van der Waals surface area contributed by atoms with Crippen LogP contribution in [0.4, 0.5) is 4.39 Å². The quantitative estimate of drug-likeness (QED) is 0.222. The summed E-state index contributed by atoms with van der Waals surface area (Å²) in [5.74, 6) is -0.234. The highest BCUT2D eigenvalue weighted by molar-refractivity contribution is 5.92. The maximum Gasteiger partial charge on any atom is 0.335 e. The average molecular weight is 552 g/mol. The van der Waals surface area contributed by atoms with E-state index in [1.165, 1.54) is 6.07 Å². The molecule has 0 saturated carbocycles. The topological polar surface area (TPSA) is 86.5 Å². The first-order chi connectivity index (χ1) is 19.9. The van der Waals surface area contributed by atoms with Crippen LogP contribution in [0.5, 0.6) is 5.88 Å². The molecule has 3 heterocycles. The molecule has 0 radical (unpaired) electrons. The Hall–Kier alpha value is -4.56. The molecule has 41 heavy (non-hydrogen) atoms. The van der Waals surface area contributed by atoms with Gasteiger partial charge in [0.1, 0.15) is 18.2 Å². The molecule has 6 rings (SSSR count). The van der Waals surface area contributed by atoms with Crippen molar-refractivity contribution in [3.8, 4) is 17.1 Å². The first-order valence-corrected chi connectivity index (χ1v) is 13.7. The zero-order valence-electron chi connectivity index (χ0n) is 22.7. The van der Waals surface area contributed by atoms with Gasteiger partial charge < -0.3 is 19.1 Å². The minimum Gasteiger partial charge on any atom is -0.478 e. The summed E-state index contributed by atoms with van der Waals surface area (Å²) in [6.07, 6.45) is 2.16. The highest BCUT2D eigenvalue weighted by Crippen LogP contribution is 2.27. The number of benzene rings is 3. The van der Waals surface area contributed by atoms with Crippen molar-refractivity contribution in [3.05, 3.63) is 113 Å². The number of rotatable bonds is 9. The van der Waals surface area contributed by atoms with E-state index in [-0.39, 0.29) is 23.9 Å². The second kappa shape index (κ2) is 11.5. The number of imidazole rings is 1. The molecule has 1 saturated heterocycles. The van der Waals surface area contributed by atoms with Crippen molar-refractivity contribution >= 4 is 17.0 Å². The van der Waals surface area contributed by atoms with E-state index < -0.39 is 5.97 Å². The zero-order chi connectivity index (χ0) is 28.3.